The number of benzene rings is 1. The molecule has 0 heterocycles. The molecule has 90 valence electrons. The highest BCUT2D eigenvalue weighted by molar-refractivity contribution is 5.43. The van der Waals surface area contributed by atoms with Crippen LogP contribution in [0.1, 0.15) is 25.3 Å². The minimum absolute atomic E-state index is 0.652. The quantitative estimate of drug-likeness (QED) is 0.722. The van der Waals surface area contributed by atoms with Crippen LogP contribution in [0.4, 0.5) is 0 Å². The molecular weight excluding hydrogens is 202 g/mol. The monoisotopic (exact) mass is 223 g/mol. The van der Waals surface area contributed by atoms with E-state index in [1.165, 1.54) is 5.56 Å². The molecule has 3 heteroatoms. The molecule has 0 fully saturated rings. The first-order valence-electron chi connectivity index (χ1n) is 5.81. The number of rotatable bonds is 7. The minimum Gasteiger partial charge on any atom is -0.493 e. The molecule has 0 aliphatic rings. The summed E-state index contributed by atoms with van der Waals surface area (Å²) in [5.74, 6) is 1.61. The van der Waals surface area contributed by atoms with Crippen LogP contribution in [0.15, 0.2) is 18.2 Å². The second-order valence-corrected chi connectivity index (χ2v) is 3.73. The fourth-order valence-corrected chi connectivity index (χ4v) is 1.48. The van der Waals surface area contributed by atoms with Crippen LogP contribution in [0.25, 0.3) is 0 Å². The Bertz CT molecular complexity index is 313. The van der Waals surface area contributed by atoms with Crippen molar-refractivity contribution in [1.82, 2.24) is 0 Å². The molecule has 0 aliphatic heterocycles. The van der Waals surface area contributed by atoms with E-state index in [1.54, 1.807) is 7.11 Å². The molecule has 2 N–H and O–H groups in total. The smallest absolute Gasteiger partial charge is 0.161 e. The van der Waals surface area contributed by atoms with E-state index in [2.05, 4.69) is 6.92 Å². The molecule has 1 aromatic rings. The highest BCUT2D eigenvalue weighted by Crippen LogP contribution is 2.28. The number of ether oxygens (including phenoxy) is 2. The van der Waals surface area contributed by atoms with E-state index in [9.17, 15) is 0 Å². The first-order chi connectivity index (χ1) is 7.81. The lowest BCUT2D eigenvalue weighted by molar-refractivity contribution is 0.288. The lowest BCUT2D eigenvalue weighted by Crippen LogP contribution is -2.04. The van der Waals surface area contributed by atoms with Crippen molar-refractivity contribution in [3.8, 4) is 11.5 Å². The molecule has 0 saturated carbocycles. The van der Waals surface area contributed by atoms with E-state index in [-0.39, 0.29) is 0 Å². The van der Waals surface area contributed by atoms with Crippen LogP contribution < -0.4 is 15.2 Å². The van der Waals surface area contributed by atoms with Gasteiger partial charge in [-0.3, -0.25) is 0 Å². The molecule has 16 heavy (non-hydrogen) atoms. The molecule has 0 amide bonds. The van der Waals surface area contributed by atoms with E-state index in [0.717, 1.165) is 37.4 Å². The van der Waals surface area contributed by atoms with Crippen molar-refractivity contribution in [2.24, 2.45) is 5.73 Å². The molecule has 0 radical (unpaired) electrons. The maximum absolute atomic E-state index is 5.65. The van der Waals surface area contributed by atoms with Gasteiger partial charge in [0.25, 0.3) is 0 Å². The van der Waals surface area contributed by atoms with Gasteiger partial charge in [0, 0.05) is 0 Å². The number of hydrogen-bond donors (Lipinski definition) is 1. The van der Waals surface area contributed by atoms with Gasteiger partial charge in [0.15, 0.2) is 11.5 Å². The van der Waals surface area contributed by atoms with E-state index < -0.39 is 0 Å². The fraction of sp³-hybridized carbons (Fsp3) is 0.538. The van der Waals surface area contributed by atoms with E-state index in [1.807, 2.05) is 18.2 Å². The van der Waals surface area contributed by atoms with E-state index >= 15 is 0 Å². The van der Waals surface area contributed by atoms with Gasteiger partial charge in [-0.25, -0.2) is 0 Å². The first-order valence-corrected chi connectivity index (χ1v) is 5.81. The van der Waals surface area contributed by atoms with Crippen molar-refractivity contribution in [1.29, 1.82) is 0 Å². The van der Waals surface area contributed by atoms with Gasteiger partial charge in [-0.2, -0.15) is 0 Å². The molecule has 0 aromatic heterocycles. The Kier molecular flexibility index (Phi) is 5.72. The highest BCUT2D eigenvalue weighted by Gasteiger charge is 2.05. The molecule has 0 spiro atoms. The number of nitrogens with two attached hydrogens (primary N) is 1. The molecule has 0 saturated heterocycles. The molecule has 0 unspecified atom stereocenters. The van der Waals surface area contributed by atoms with Gasteiger partial charge in [-0.1, -0.05) is 19.4 Å². The molecule has 1 rings (SSSR count). The van der Waals surface area contributed by atoms with Gasteiger partial charge in [-0.05, 0) is 37.1 Å². The Balaban J connectivity index is 2.68. The standard InChI is InChI=1S/C13H21NO2/c1-3-4-9-16-12-6-5-11(7-8-14)10-13(12)15-2/h5-6,10H,3-4,7-9,14H2,1-2H3. The molecule has 1 aromatic carbocycles. The van der Waals surface area contributed by atoms with Gasteiger partial charge in [0.2, 0.25) is 0 Å². The summed E-state index contributed by atoms with van der Waals surface area (Å²) in [5.41, 5.74) is 6.70. The summed E-state index contributed by atoms with van der Waals surface area (Å²) in [5, 5.41) is 0. The third kappa shape index (κ3) is 3.74. The maximum atomic E-state index is 5.65. The van der Waals surface area contributed by atoms with Crippen LogP contribution in [-0.4, -0.2) is 20.3 Å². The third-order valence-electron chi connectivity index (χ3n) is 2.42. The fourth-order valence-electron chi connectivity index (χ4n) is 1.48. The van der Waals surface area contributed by atoms with Crippen LogP contribution in [0.3, 0.4) is 0 Å². The lowest BCUT2D eigenvalue weighted by Gasteiger charge is -2.11. The van der Waals surface area contributed by atoms with Gasteiger partial charge in [0.05, 0.1) is 13.7 Å². The van der Waals surface area contributed by atoms with Crippen LogP contribution in [-0.2, 0) is 6.42 Å². The second-order valence-electron chi connectivity index (χ2n) is 3.73. The predicted octanol–water partition coefficient (Wildman–Crippen LogP) is 2.38. The minimum atomic E-state index is 0.652. The average Bonchev–Trinajstić information content (AvgIpc) is 2.31. The van der Waals surface area contributed by atoms with Gasteiger partial charge >= 0.3 is 0 Å². The normalized spacial score (nSPS) is 10.2. The number of methoxy groups -OCH3 is 1. The second kappa shape index (κ2) is 7.12. The van der Waals surface area contributed by atoms with Crippen molar-refractivity contribution in [3.05, 3.63) is 23.8 Å². The van der Waals surface area contributed by atoms with Crippen LogP contribution in [0, 0.1) is 0 Å². The molecule has 3 nitrogen and oxygen atoms in total. The van der Waals surface area contributed by atoms with Crippen molar-refractivity contribution >= 4 is 0 Å². The maximum Gasteiger partial charge on any atom is 0.161 e. The molecule has 0 atom stereocenters. The molecule has 0 bridgehead atoms. The van der Waals surface area contributed by atoms with Crippen LogP contribution in [0.2, 0.25) is 0 Å². The van der Waals surface area contributed by atoms with Crippen molar-refractivity contribution in [2.45, 2.75) is 26.2 Å². The predicted molar refractivity (Wildman–Crippen MR) is 66.2 cm³/mol. The van der Waals surface area contributed by atoms with Crippen molar-refractivity contribution in [2.75, 3.05) is 20.3 Å². The lowest BCUT2D eigenvalue weighted by atomic mass is 10.1. The average molecular weight is 223 g/mol. The number of unbranched alkanes of at least 4 members (excludes halogenated alkanes) is 1. The summed E-state index contributed by atoms with van der Waals surface area (Å²) in [7, 11) is 1.66. The Labute approximate surface area is 97.6 Å². The Morgan fingerprint density at radius 3 is 2.69 bits per heavy atom. The first kappa shape index (κ1) is 12.8. The molecular formula is C13H21NO2. The summed E-state index contributed by atoms with van der Waals surface area (Å²) >= 11 is 0. The summed E-state index contributed by atoms with van der Waals surface area (Å²) in [4.78, 5) is 0. The summed E-state index contributed by atoms with van der Waals surface area (Å²) < 4.78 is 10.9. The zero-order chi connectivity index (χ0) is 11.8. The zero-order valence-electron chi connectivity index (χ0n) is 10.2. The molecule has 0 aliphatic carbocycles. The summed E-state index contributed by atoms with van der Waals surface area (Å²) in [6.45, 7) is 3.53. The van der Waals surface area contributed by atoms with Gasteiger partial charge in [-0.15, -0.1) is 0 Å². The van der Waals surface area contributed by atoms with E-state index in [0.29, 0.717) is 6.54 Å². The number of hydrogen-bond acceptors (Lipinski definition) is 3. The Morgan fingerprint density at radius 1 is 1.25 bits per heavy atom. The third-order valence-corrected chi connectivity index (χ3v) is 2.42. The largest absolute Gasteiger partial charge is 0.493 e. The van der Waals surface area contributed by atoms with E-state index in [4.69, 9.17) is 15.2 Å². The topological polar surface area (TPSA) is 44.5 Å². The van der Waals surface area contributed by atoms with Gasteiger partial charge < -0.3 is 15.2 Å². The van der Waals surface area contributed by atoms with Gasteiger partial charge in [0.1, 0.15) is 0 Å². The van der Waals surface area contributed by atoms with Crippen molar-refractivity contribution in [3.63, 3.8) is 0 Å². The van der Waals surface area contributed by atoms with Crippen molar-refractivity contribution < 1.29 is 9.47 Å². The Morgan fingerprint density at radius 2 is 2.06 bits per heavy atom. The summed E-state index contributed by atoms with van der Waals surface area (Å²) in [6, 6.07) is 5.99. The van der Waals surface area contributed by atoms with Crippen LogP contribution in [0.5, 0.6) is 11.5 Å². The SMILES string of the molecule is CCCCOc1ccc(CCN)cc1OC. The summed E-state index contributed by atoms with van der Waals surface area (Å²) in [6.07, 6.45) is 3.06. The Hall–Kier alpha value is -1.22. The zero-order valence-corrected chi connectivity index (χ0v) is 10.2. The van der Waals surface area contributed by atoms with Crippen LogP contribution >= 0.6 is 0 Å². The highest BCUT2D eigenvalue weighted by atomic mass is 16.5.